The van der Waals surface area contributed by atoms with E-state index in [9.17, 15) is 0 Å². The fraction of sp³-hybridized carbons (Fsp3) is 0.176. The Balaban J connectivity index is 1.56. The second kappa shape index (κ2) is 5.93. The molecule has 0 saturated carbocycles. The normalized spacial score (nSPS) is 13.7. The Labute approximate surface area is 139 Å². The van der Waals surface area contributed by atoms with Crippen LogP contribution in [0.5, 0.6) is 0 Å². The third-order valence-corrected chi connectivity index (χ3v) is 4.18. The summed E-state index contributed by atoms with van der Waals surface area (Å²) in [6.07, 6.45) is 8.01. The number of rotatable bonds is 2. The van der Waals surface area contributed by atoms with E-state index in [1.54, 1.807) is 18.5 Å². The monoisotopic (exact) mass is 323 g/mol. The van der Waals surface area contributed by atoms with Gasteiger partial charge in [0.15, 0.2) is 11.6 Å². The largest absolute Gasteiger partial charge is 0.364 e. The van der Waals surface area contributed by atoms with Crippen LogP contribution >= 0.6 is 11.6 Å². The molecular weight excluding hydrogens is 310 g/mol. The molecule has 2 aromatic heterocycles. The number of hydrogen-bond acceptors (Lipinski definition) is 5. The van der Waals surface area contributed by atoms with Gasteiger partial charge in [0.2, 0.25) is 0 Å². The van der Waals surface area contributed by atoms with Gasteiger partial charge in [-0.25, -0.2) is 19.9 Å². The van der Waals surface area contributed by atoms with Crippen LogP contribution in [0.15, 0.2) is 49.1 Å². The SMILES string of the molecule is Clc1ccc2c(c1)CCN(c1cnc(-c3ncccn3)nc1)C2. The Hall–Kier alpha value is -2.53. The maximum atomic E-state index is 6.06. The molecule has 23 heavy (non-hydrogen) atoms. The van der Waals surface area contributed by atoms with Gasteiger partial charge in [-0.2, -0.15) is 0 Å². The Morgan fingerprint density at radius 2 is 1.65 bits per heavy atom. The summed E-state index contributed by atoms with van der Waals surface area (Å²) in [4.78, 5) is 19.4. The molecule has 6 heteroatoms. The lowest BCUT2D eigenvalue weighted by atomic mass is 10.00. The van der Waals surface area contributed by atoms with E-state index >= 15 is 0 Å². The molecule has 0 N–H and O–H groups in total. The van der Waals surface area contributed by atoms with Gasteiger partial charge >= 0.3 is 0 Å². The second-order valence-electron chi connectivity index (χ2n) is 5.42. The van der Waals surface area contributed by atoms with Gasteiger partial charge in [-0.3, -0.25) is 0 Å². The summed E-state index contributed by atoms with van der Waals surface area (Å²) >= 11 is 6.06. The topological polar surface area (TPSA) is 54.8 Å². The molecule has 4 rings (SSSR count). The molecule has 3 aromatic rings. The van der Waals surface area contributed by atoms with Crippen molar-refractivity contribution in [3.8, 4) is 11.6 Å². The Morgan fingerprint density at radius 3 is 2.43 bits per heavy atom. The van der Waals surface area contributed by atoms with E-state index in [1.807, 2.05) is 18.5 Å². The van der Waals surface area contributed by atoms with Gasteiger partial charge in [-0.05, 0) is 35.7 Å². The second-order valence-corrected chi connectivity index (χ2v) is 5.86. The molecule has 0 atom stereocenters. The quantitative estimate of drug-likeness (QED) is 0.725. The van der Waals surface area contributed by atoms with Crippen molar-refractivity contribution in [3.63, 3.8) is 0 Å². The number of fused-ring (bicyclic) bond motifs is 1. The van der Waals surface area contributed by atoms with Crippen molar-refractivity contribution >= 4 is 17.3 Å². The van der Waals surface area contributed by atoms with Crippen LogP contribution in [0.2, 0.25) is 5.02 Å². The zero-order chi connectivity index (χ0) is 15.6. The van der Waals surface area contributed by atoms with E-state index in [2.05, 4.69) is 37.0 Å². The number of halogens is 1. The first kappa shape index (κ1) is 14.1. The highest BCUT2D eigenvalue weighted by Crippen LogP contribution is 2.26. The van der Waals surface area contributed by atoms with Gasteiger partial charge in [-0.15, -0.1) is 0 Å². The van der Waals surface area contributed by atoms with Gasteiger partial charge in [0.05, 0.1) is 18.1 Å². The molecule has 1 aromatic carbocycles. The maximum Gasteiger partial charge on any atom is 0.197 e. The summed E-state index contributed by atoms with van der Waals surface area (Å²) in [7, 11) is 0. The van der Waals surface area contributed by atoms with Crippen LogP contribution in [0.25, 0.3) is 11.6 Å². The molecule has 3 heterocycles. The number of aromatic nitrogens is 4. The molecule has 0 bridgehead atoms. The van der Waals surface area contributed by atoms with Crippen LogP contribution in [0.3, 0.4) is 0 Å². The standard InChI is InChI=1S/C17H14ClN5/c18-14-3-2-13-11-23(7-4-12(13)8-14)15-9-21-17(22-10-15)16-19-5-1-6-20-16/h1-3,5-6,8-10H,4,7,11H2. The molecule has 5 nitrogen and oxygen atoms in total. The smallest absolute Gasteiger partial charge is 0.197 e. The first-order chi connectivity index (χ1) is 11.3. The molecule has 0 unspecified atom stereocenters. The molecule has 0 radical (unpaired) electrons. The molecule has 0 amide bonds. The fourth-order valence-electron chi connectivity index (χ4n) is 2.76. The van der Waals surface area contributed by atoms with Crippen molar-refractivity contribution < 1.29 is 0 Å². The van der Waals surface area contributed by atoms with Crippen LogP contribution in [0.4, 0.5) is 5.69 Å². The zero-order valence-corrected chi connectivity index (χ0v) is 13.1. The van der Waals surface area contributed by atoms with E-state index in [1.165, 1.54) is 11.1 Å². The predicted octanol–water partition coefficient (Wildman–Crippen LogP) is 3.15. The van der Waals surface area contributed by atoms with Gasteiger partial charge in [-0.1, -0.05) is 17.7 Å². The summed E-state index contributed by atoms with van der Waals surface area (Å²) in [5, 5.41) is 0.799. The summed E-state index contributed by atoms with van der Waals surface area (Å²) in [6.45, 7) is 1.77. The lowest BCUT2D eigenvalue weighted by molar-refractivity contribution is 0.728. The van der Waals surface area contributed by atoms with E-state index in [-0.39, 0.29) is 0 Å². The van der Waals surface area contributed by atoms with E-state index < -0.39 is 0 Å². The summed E-state index contributed by atoms with van der Waals surface area (Å²) in [5.74, 6) is 1.08. The Morgan fingerprint density at radius 1 is 0.913 bits per heavy atom. The average molecular weight is 324 g/mol. The summed E-state index contributed by atoms with van der Waals surface area (Å²) in [6, 6.07) is 7.86. The van der Waals surface area contributed by atoms with Crippen molar-refractivity contribution in [1.29, 1.82) is 0 Å². The van der Waals surface area contributed by atoms with Gasteiger partial charge in [0, 0.05) is 30.5 Å². The average Bonchev–Trinajstić information content (AvgIpc) is 2.62. The first-order valence-corrected chi connectivity index (χ1v) is 7.79. The molecule has 0 spiro atoms. The Bertz CT molecular complexity index is 820. The molecule has 0 fully saturated rings. The van der Waals surface area contributed by atoms with Crippen LogP contribution in [0.1, 0.15) is 11.1 Å². The minimum Gasteiger partial charge on any atom is -0.364 e. The highest BCUT2D eigenvalue weighted by molar-refractivity contribution is 6.30. The van der Waals surface area contributed by atoms with Crippen LogP contribution in [0, 0.1) is 0 Å². The van der Waals surface area contributed by atoms with Crippen LogP contribution in [-0.4, -0.2) is 26.5 Å². The van der Waals surface area contributed by atoms with E-state index in [4.69, 9.17) is 11.6 Å². The van der Waals surface area contributed by atoms with Gasteiger partial charge in [0.25, 0.3) is 0 Å². The van der Waals surface area contributed by atoms with Crippen LogP contribution in [-0.2, 0) is 13.0 Å². The van der Waals surface area contributed by atoms with Crippen molar-refractivity contribution in [2.75, 3.05) is 11.4 Å². The van der Waals surface area contributed by atoms with Crippen molar-refractivity contribution in [2.45, 2.75) is 13.0 Å². The number of anilines is 1. The number of hydrogen-bond donors (Lipinski definition) is 0. The zero-order valence-electron chi connectivity index (χ0n) is 12.4. The molecule has 1 aliphatic rings. The highest BCUT2D eigenvalue weighted by Gasteiger charge is 2.17. The van der Waals surface area contributed by atoms with E-state index in [0.717, 1.165) is 30.2 Å². The third-order valence-electron chi connectivity index (χ3n) is 3.95. The predicted molar refractivity (Wildman–Crippen MR) is 89.3 cm³/mol. The van der Waals surface area contributed by atoms with Crippen molar-refractivity contribution in [2.24, 2.45) is 0 Å². The molecule has 0 saturated heterocycles. The first-order valence-electron chi connectivity index (χ1n) is 7.41. The van der Waals surface area contributed by atoms with Gasteiger partial charge < -0.3 is 4.90 Å². The summed E-state index contributed by atoms with van der Waals surface area (Å²) in [5.41, 5.74) is 3.63. The lowest BCUT2D eigenvalue weighted by Crippen LogP contribution is -2.30. The minimum absolute atomic E-state index is 0.540. The molecular formula is C17H14ClN5. The minimum atomic E-state index is 0.540. The molecule has 1 aliphatic heterocycles. The lowest BCUT2D eigenvalue weighted by Gasteiger charge is -2.30. The number of benzene rings is 1. The van der Waals surface area contributed by atoms with Crippen molar-refractivity contribution in [1.82, 2.24) is 19.9 Å². The summed E-state index contributed by atoms with van der Waals surface area (Å²) < 4.78 is 0. The van der Waals surface area contributed by atoms with Crippen molar-refractivity contribution in [3.05, 3.63) is 65.2 Å². The highest BCUT2D eigenvalue weighted by atomic mass is 35.5. The molecule has 114 valence electrons. The molecule has 0 aliphatic carbocycles. The maximum absolute atomic E-state index is 6.06. The van der Waals surface area contributed by atoms with E-state index in [0.29, 0.717) is 11.6 Å². The Kier molecular flexibility index (Phi) is 3.63. The number of nitrogens with zero attached hydrogens (tertiary/aromatic N) is 5. The fourth-order valence-corrected chi connectivity index (χ4v) is 2.95. The third kappa shape index (κ3) is 2.87. The van der Waals surface area contributed by atoms with Crippen LogP contribution < -0.4 is 4.90 Å². The van der Waals surface area contributed by atoms with Gasteiger partial charge in [0.1, 0.15) is 0 Å².